The fourth-order valence-corrected chi connectivity index (χ4v) is 8.19. The van der Waals surface area contributed by atoms with Crippen LogP contribution >= 0.6 is 11.3 Å². The molecule has 1 atom stereocenters. The number of carbonyl (C=O) groups is 2. The van der Waals surface area contributed by atoms with E-state index in [0.29, 0.717) is 27.9 Å². The molecule has 5 rings (SSSR count). The van der Waals surface area contributed by atoms with Crippen molar-refractivity contribution in [1.29, 1.82) is 0 Å². The van der Waals surface area contributed by atoms with E-state index in [1.54, 1.807) is 86.8 Å². The first-order valence-electron chi connectivity index (χ1n) is 14.0. The largest absolute Gasteiger partial charge is 0.468 e. The molecule has 240 valence electrons. The van der Waals surface area contributed by atoms with Gasteiger partial charge < -0.3 is 14.5 Å². The number of anilines is 2. The van der Waals surface area contributed by atoms with Crippen LogP contribution in [-0.2, 0) is 29.6 Å². The second-order valence-corrected chi connectivity index (χ2v) is 15.3. The Hall–Kier alpha value is -4.50. The summed E-state index contributed by atoms with van der Waals surface area (Å²) in [5, 5.41) is 4.96. The molecular weight excluding hydrogens is 651 g/mol. The van der Waals surface area contributed by atoms with E-state index in [9.17, 15) is 26.4 Å². The van der Waals surface area contributed by atoms with E-state index < -0.39 is 38.0 Å². The molecule has 0 aliphatic heterocycles. The third-order valence-electron chi connectivity index (χ3n) is 7.21. The van der Waals surface area contributed by atoms with Crippen LogP contribution in [0.4, 0.5) is 11.4 Å². The van der Waals surface area contributed by atoms with Crippen molar-refractivity contribution >= 4 is 65.6 Å². The molecule has 0 saturated heterocycles. The van der Waals surface area contributed by atoms with Crippen molar-refractivity contribution in [1.82, 2.24) is 4.72 Å². The van der Waals surface area contributed by atoms with Gasteiger partial charge in [-0.2, -0.15) is 4.72 Å². The topological polar surface area (TPSA) is 161 Å². The maximum atomic E-state index is 13.2. The second-order valence-electron chi connectivity index (χ2n) is 10.7. The van der Waals surface area contributed by atoms with Crippen LogP contribution in [0.3, 0.4) is 0 Å². The highest BCUT2D eigenvalue weighted by molar-refractivity contribution is 7.94. The van der Waals surface area contributed by atoms with Crippen LogP contribution in [0.2, 0.25) is 0 Å². The standard InChI is InChI=1S/C32H31N3O8S3/c1-19(2)29(32(37)42-4)35-45(38,39)24-16-12-22(13-17-24)21-10-14-23(15-11-21)33-31(36)30-20(3)28-25(7-5-8-26(28)43-30)34-46(40,41)27-9-6-18-44-27/h5-19,29,34-35H,1-4H3,(H,33,36)/t29-/m0/s1. The highest BCUT2D eigenvalue weighted by Crippen LogP contribution is 2.34. The first-order chi connectivity index (χ1) is 21.8. The van der Waals surface area contributed by atoms with Crippen LogP contribution in [0.5, 0.6) is 0 Å². The quantitative estimate of drug-likeness (QED) is 0.143. The number of furan rings is 1. The maximum Gasteiger partial charge on any atom is 0.324 e. The van der Waals surface area contributed by atoms with Gasteiger partial charge in [-0.15, -0.1) is 11.3 Å². The molecule has 46 heavy (non-hydrogen) atoms. The summed E-state index contributed by atoms with van der Waals surface area (Å²) in [4.78, 5) is 25.2. The molecule has 5 aromatic rings. The molecule has 14 heteroatoms. The van der Waals surface area contributed by atoms with Crippen molar-refractivity contribution in [2.24, 2.45) is 5.92 Å². The lowest BCUT2D eigenvalue weighted by Gasteiger charge is -2.19. The molecule has 0 fully saturated rings. The van der Waals surface area contributed by atoms with Crippen molar-refractivity contribution in [3.8, 4) is 11.1 Å². The lowest BCUT2D eigenvalue weighted by Crippen LogP contribution is -2.44. The van der Waals surface area contributed by atoms with Gasteiger partial charge >= 0.3 is 5.97 Å². The zero-order chi connectivity index (χ0) is 33.2. The summed E-state index contributed by atoms with van der Waals surface area (Å²) >= 11 is 1.10. The minimum atomic E-state index is -3.98. The molecule has 11 nitrogen and oxygen atoms in total. The first kappa shape index (κ1) is 32.9. The van der Waals surface area contributed by atoms with E-state index >= 15 is 0 Å². The van der Waals surface area contributed by atoms with Crippen molar-refractivity contribution in [3.63, 3.8) is 0 Å². The minimum absolute atomic E-state index is 0.00151. The molecular formula is C32H31N3O8S3. The Morgan fingerprint density at radius 2 is 1.50 bits per heavy atom. The van der Waals surface area contributed by atoms with E-state index in [-0.39, 0.29) is 20.8 Å². The number of methoxy groups -OCH3 is 1. The number of hydrogen-bond acceptors (Lipinski definition) is 9. The summed E-state index contributed by atoms with van der Waals surface area (Å²) < 4.78 is 67.2. The molecule has 1 amide bonds. The monoisotopic (exact) mass is 681 g/mol. The molecule has 0 bridgehead atoms. The Balaban J connectivity index is 1.30. The Morgan fingerprint density at radius 1 is 0.848 bits per heavy atom. The summed E-state index contributed by atoms with van der Waals surface area (Å²) in [6.07, 6.45) is 0. The fraction of sp³-hybridized carbons (Fsp3) is 0.188. The molecule has 2 aromatic heterocycles. The Kier molecular flexibility index (Phi) is 9.35. The van der Waals surface area contributed by atoms with Gasteiger partial charge in [-0.05, 0) is 71.8 Å². The van der Waals surface area contributed by atoms with Crippen LogP contribution in [0.1, 0.15) is 30.0 Å². The smallest absolute Gasteiger partial charge is 0.324 e. The molecule has 0 spiro atoms. The Bertz CT molecular complexity index is 2100. The van der Waals surface area contributed by atoms with E-state index in [1.165, 1.54) is 25.3 Å². The van der Waals surface area contributed by atoms with Crippen molar-refractivity contribution in [2.45, 2.75) is 35.9 Å². The van der Waals surface area contributed by atoms with E-state index in [2.05, 4.69) is 14.8 Å². The number of fused-ring (bicyclic) bond motifs is 1. The van der Waals surface area contributed by atoms with Crippen molar-refractivity contribution in [3.05, 3.63) is 95.6 Å². The van der Waals surface area contributed by atoms with Crippen molar-refractivity contribution in [2.75, 3.05) is 17.1 Å². The van der Waals surface area contributed by atoms with Crippen LogP contribution < -0.4 is 14.8 Å². The van der Waals surface area contributed by atoms with Crippen LogP contribution in [0, 0.1) is 12.8 Å². The number of rotatable bonds is 11. The SMILES string of the molecule is COC(=O)[C@@H](NS(=O)(=O)c1ccc(-c2ccc(NC(=O)c3oc4cccc(NS(=O)(=O)c5cccs5)c4c3C)cc2)cc1)C(C)C. The number of nitrogens with one attached hydrogen (secondary N) is 3. The number of carbonyl (C=O) groups excluding carboxylic acids is 2. The van der Waals surface area contributed by atoms with Gasteiger partial charge in [0.2, 0.25) is 10.0 Å². The summed E-state index contributed by atoms with van der Waals surface area (Å²) in [5.41, 5.74) is 3.12. The predicted molar refractivity (Wildman–Crippen MR) is 177 cm³/mol. The van der Waals surface area contributed by atoms with Gasteiger partial charge in [0.15, 0.2) is 5.76 Å². The summed E-state index contributed by atoms with van der Waals surface area (Å²) in [5.74, 6) is -1.45. The number of thiophene rings is 1. The molecule has 0 unspecified atom stereocenters. The van der Waals surface area contributed by atoms with Crippen molar-refractivity contribution < 1.29 is 35.6 Å². The average Bonchev–Trinajstić information content (AvgIpc) is 3.70. The molecule has 0 saturated carbocycles. The number of hydrogen-bond donors (Lipinski definition) is 3. The zero-order valence-corrected chi connectivity index (χ0v) is 27.7. The molecule has 0 radical (unpaired) electrons. The Labute approximate surface area is 270 Å². The number of ether oxygens (including phenoxy) is 1. The van der Waals surface area contributed by atoms with Gasteiger partial charge in [-0.3, -0.25) is 14.3 Å². The van der Waals surface area contributed by atoms with Crippen LogP contribution in [-0.4, -0.2) is 41.9 Å². The number of aryl methyl sites for hydroxylation is 1. The number of amides is 1. The summed E-state index contributed by atoms with van der Waals surface area (Å²) in [6, 6.07) is 20.2. The van der Waals surface area contributed by atoms with Crippen LogP contribution in [0.15, 0.2) is 97.8 Å². The highest BCUT2D eigenvalue weighted by atomic mass is 32.2. The lowest BCUT2D eigenvalue weighted by molar-refractivity contribution is -0.143. The first-order valence-corrected chi connectivity index (χ1v) is 17.9. The van der Waals surface area contributed by atoms with Gasteiger partial charge in [0.25, 0.3) is 15.9 Å². The van der Waals surface area contributed by atoms with E-state index in [1.807, 2.05) is 0 Å². The number of esters is 1. The Morgan fingerprint density at radius 3 is 2.09 bits per heavy atom. The number of sulfonamides is 2. The van der Waals surface area contributed by atoms with Gasteiger partial charge in [-0.25, -0.2) is 16.8 Å². The molecule has 0 aliphatic rings. The predicted octanol–water partition coefficient (Wildman–Crippen LogP) is 6.00. The molecule has 2 heterocycles. The molecule has 0 aliphatic carbocycles. The minimum Gasteiger partial charge on any atom is -0.468 e. The number of benzene rings is 3. The third-order valence-corrected chi connectivity index (χ3v) is 11.4. The second kappa shape index (κ2) is 13.1. The maximum absolute atomic E-state index is 13.2. The van der Waals surface area contributed by atoms with E-state index in [4.69, 9.17) is 9.15 Å². The van der Waals surface area contributed by atoms with Gasteiger partial charge in [0, 0.05) is 16.6 Å². The fourth-order valence-electron chi connectivity index (χ4n) is 4.80. The molecule has 3 N–H and O–H groups in total. The van der Waals surface area contributed by atoms with Crippen LogP contribution in [0.25, 0.3) is 22.1 Å². The highest BCUT2D eigenvalue weighted by Gasteiger charge is 2.29. The summed E-state index contributed by atoms with van der Waals surface area (Å²) in [6.45, 7) is 5.12. The average molecular weight is 682 g/mol. The zero-order valence-electron chi connectivity index (χ0n) is 25.2. The van der Waals surface area contributed by atoms with Gasteiger partial charge in [-0.1, -0.05) is 50.2 Å². The van der Waals surface area contributed by atoms with Gasteiger partial charge in [0.05, 0.1) is 17.7 Å². The lowest BCUT2D eigenvalue weighted by atomic mass is 10.1. The van der Waals surface area contributed by atoms with E-state index in [0.717, 1.165) is 22.5 Å². The third kappa shape index (κ3) is 6.84. The molecule has 3 aromatic carbocycles. The normalized spacial score (nSPS) is 12.6. The summed E-state index contributed by atoms with van der Waals surface area (Å²) in [7, 11) is -6.59. The van der Waals surface area contributed by atoms with Gasteiger partial charge in [0.1, 0.15) is 15.8 Å².